The number of amides is 3. The topological polar surface area (TPSA) is 79.0 Å². The molecule has 0 aliphatic carbocycles. The van der Waals surface area contributed by atoms with Gasteiger partial charge in [-0.1, -0.05) is 6.07 Å². The zero-order chi connectivity index (χ0) is 20.3. The first-order valence-electron chi connectivity index (χ1n) is 8.39. The number of carbonyl (C=O) groups is 3. The standard InChI is InChI=1S/C19H17F2N3O4/c1-28-14-4-2-3-12(9-14)22-17(25)11-23-7-8-24(19(27)18(23)26)13-5-6-15(20)16(21)10-13/h2-6,9-10H,7-8,11H2,1H3,(H,22,25). The summed E-state index contributed by atoms with van der Waals surface area (Å²) in [6.07, 6.45) is 0. The first kappa shape index (κ1) is 19.3. The Kier molecular flexibility index (Phi) is 5.53. The van der Waals surface area contributed by atoms with E-state index < -0.39 is 29.4 Å². The van der Waals surface area contributed by atoms with E-state index in [0.29, 0.717) is 11.4 Å². The minimum atomic E-state index is -1.11. The minimum Gasteiger partial charge on any atom is -0.497 e. The fraction of sp³-hybridized carbons (Fsp3) is 0.211. The van der Waals surface area contributed by atoms with Gasteiger partial charge in [0.25, 0.3) is 0 Å². The number of piperazine rings is 1. The zero-order valence-corrected chi connectivity index (χ0v) is 14.9. The number of anilines is 2. The number of nitrogens with one attached hydrogen (secondary N) is 1. The summed E-state index contributed by atoms with van der Waals surface area (Å²) >= 11 is 0. The summed E-state index contributed by atoms with van der Waals surface area (Å²) < 4.78 is 31.5. The van der Waals surface area contributed by atoms with Crippen LogP contribution in [0.25, 0.3) is 0 Å². The summed E-state index contributed by atoms with van der Waals surface area (Å²) in [5.41, 5.74) is 0.571. The predicted octanol–water partition coefficient (Wildman–Crippen LogP) is 1.79. The maximum absolute atomic E-state index is 13.4. The highest BCUT2D eigenvalue weighted by Gasteiger charge is 2.34. The largest absolute Gasteiger partial charge is 0.497 e. The molecule has 7 nitrogen and oxygen atoms in total. The van der Waals surface area contributed by atoms with Crippen molar-refractivity contribution in [3.8, 4) is 5.75 Å². The van der Waals surface area contributed by atoms with Gasteiger partial charge in [-0.05, 0) is 24.3 Å². The van der Waals surface area contributed by atoms with Crippen LogP contribution in [0.15, 0.2) is 42.5 Å². The van der Waals surface area contributed by atoms with Crippen LogP contribution in [0.3, 0.4) is 0 Å². The Balaban J connectivity index is 1.64. The summed E-state index contributed by atoms with van der Waals surface area (Å²) in [6, 6.07) is 9.65. The van der Waals surface area contributed by atoms with Gasteiger partial charge >= 0.3 is 11.8 Å². The molecule has 1 saturated heterocycles. The monoisotopic (exact) mass is 389 g/mol. The number of benzene rings is 2. The van der Waals surface area contributed by atoms with E-state index in [1.807, 2.05) is 0 Å². The molecule has 3 amide bonds. The first-order valence-corrected chi connectivity index (χ1v) is 8.39. The highest BCUT2D eigenvalue weighted by molar-refractivity contribution is 6.41. The second-order valence-corrected chi connectivity index (χ2v) is 6.06. The number of ether oxygens (including phenoxy) is 1. The van der Waals surface area contributed by atoms with Crippen LogP contribution in [-0.4, -0.2) is 49.4 Å². The molecule has 3 rings (SSSR count). The van der Waals surface area contributed by atoms with Crippen molar-refractivity contribution in [3.05, 3.63) is 54.1 Å². The minimum absolute atomic E-state index is 0.0576. The second-order valence-electron chi connectivity index (χ2n) is 6.06. The molecule has 0 unspecified atom stereocenters. The smallest absolute Gasteiger partial charge is 0.316 e. The summed E-state index contributed by atoms with van der Waals surface area (Å²) in [6.45, 7) is -0.176. The molecule has 0 aromatic heterocycles. The van der Waals surface area contributed by atoms with Crippen molar-refractivity contribution in [1.29, 1.82) is 0 Å². The highest BCUT2D eigenvalue weighted by atomic mass is 19.2. The second kappa shape index (κ2) is 8.03. The Labute approximate surface area is 159 Å². The lowest BCUT2D eigenvalue weighted by Gasteiger charge is -2.33. The van der Waals surface area contributed by atoms with E-state index in [-0.39, 0.29) is 25.3 Å². The summed E-state index contributed by atoms with van der Waals surface area (Å²) in [5, 5.41) is 2.63. The molecule has 2 aromatic rings. The van der Waals surface area contributed by atoms with Crippen molar-refractivity contribution in [2.75, 3.05) is 37.0 Å². The van der Waals surface area contributed by atoms with Crippen LogP contribution in [-0.2, 0) is 14.4 Å². The van der Waals surface area contributed by atoms with Crippen molar-refractivity contribution in [1.82, 2.24) is 4.90 Å². The SMILES string of the molecule is COc1cccc(NC(=O)CN2CCN(c3ccc(F)c(F)c3)C(=O)C2=O)c1. The van der Waals surface area contributed by atoms with E-state index in [1.54, 1.807) is 24.3 Å². The van der Waals surface area contributed by atoms with Crippen molar-refractivity contribution < 1.29 is 27.9 Å². The molecule has 1 fully saturated rings. The number of hydrogen-bond acceptors (Lipinski definition) is 4. The quantitative estimate of drug-likeness (QED) is 0.791. The maximum atomic E-state index is 13.4. The first-order chi connectivity index (χ1) is 13.4. The van der Waals surface area contributed by atoms with Gasteiger partial charge in [0.15, 0.2) is 11.6 Å². The van der Waals surface area contributed by atoms with Gasteiger partial charge in [-0.25, -0.2) is 8.78 Å². The molecule has 1 aliphatic heterocycles. The molecule has 1 heterocycles. The molecule has 2 aromatic carbocycles. The van der Waals surface area contributed by atoms with Gasteiger partial charge in [0.05, 0.1) is 7.11 Å². The van der Waals surface area contributed by atoms with Crippen LogP contribution in [0.2, 0.25) is 0 Å². The van der Waals surface area contributed by atoms with Crippen LogP contribution < -0.4 is 15.0 Å². The normalized spacial score (nSPS) is 14.2. The van der Waals surface area contributed by atoms with Gasteiger partial charge in [0.1, 0.15) is 12.3 Å². The van der Waals surface area contributed by atoms with E-state index in [4.69, 9.17) is 4.74 Å². The number of methoxy groups -OCH3 is 1. The lowest BCUT2D eigenvalue weighted by atomic mass is 10.2. The molecule has 0 saturated carbocycles. The third-order valence-corrected chi connectivity index (χ3v) is 4.21. The average Bonchev–Trinajstić information content (AvgIpc) is 2.68. The van der Waals surface area contributed by atoms with Crippen molar-refractivity contribution >= 4 is 29.1 Å². The Morgan fingerprint density at radius 2 is 1.86 bits per heavy atom. The van der Waals surface area contributed by atoms with E-state index in [0.717, 1.165) is 21.9 Å². The van der Waals surface area contributed by atoms with Gasteiger partial charge in [0.2, 0.25) is 5.91 Å². The van der Waals surface area contributed by atoms with Crippen LogP contribution in [0.5, 0.6) is 5.75 Å². The summed E-state index contributed by atoms with van der Waals surface area (Å²) in [7, 11) is 1.50. The lowest BCUT2D eigenvalue weighted by Crippen LogP contribution is -2.56. The molecule has 0 spiro atoms. The summed E-state index contributed by atoms with van der Waals surface area (Å²) in [5.74, 6) is -3.88. The Bertz CT molecular complexity index is 935. The summed E-state index contributed by atoms with van der Waals surface area (Å²) in [4.78, 5) is 39.0. The van der Waals surface area contributed by atoms with Crippen molar-refractivity contribution in [3.63, 3.8) is 0 Å². The number of halogens is 2. The van der Waals surface area contributed by atoms with Gasteiger partial charge < -0.3 is 19.9 Å². The van der Waals surface area contributed by atoms with Gasteiger partial charge in [-0.15, -0.1) is 0 Å². The number of carbonyl (C=O) groups excluding carboxylic acids is 3. The molecule has 9 heteroatoms. The maximum Gasteiger partial charge on any atom is 0.316 e. The molecular formula is C19H17F2N3O4. The number of hydrogen-bond donors (Lipinski definition) is 1. The molecular weight excluding hydrogens is 372 g/mol. The van der Waals surface area contributed by atoms with Crippen LogP contribution in [0.4, 0.5) is 20.2 Å². The predicted molar refractivity (Wildman–Crippen MR) is 96.9 cm³/mol. The van der Waals surface area contributed by atoms with E-state index in [9.17, 15) is 23.2 Å². The zero-order valence-electron chi connectivity index (χ0n) is 14.9. The highest BCUT2D eigenvalue weighted by Crippen LogP contribution is 2.21. The number of rotatable bonds is 5. The third-order valence-electron chi connectivity index (χ3n) is 4.21. The van der Waals surface area contributed by atoms with E-state index in [2.05, 4.69) is 5.32 Å². The molecule has 28 heavy (non-hydrogen) atoms. The van der Waals surface area contributed by atoms with Gasteiger partial charge in [-0.3, -0.25) is 14.4 Å². The van der Waals surface area contributed by atoms with E-state index in [1.165, 1.54) is 13.2 Å². The number of nitrogens with zero attached hydrogens (tertiary/aromatic N) is 2. The molecule has 0 radical (unpaired) electrons. The van der Waals surface area contributed by atoms with Crippen molar-refractivity contribution in [2.24, 2.45) is 0 Å². The van der Waals surface area contributed by atoms with Gasteiger partial charge in [0, 0.05) is 36.6 Å². The Morgan fingerprint density at radius 1 is 1.07 bits per heavy atom. The lowest BCUT2D eigenvalue weighted by molar-refractivity contribution is -0.147. The van der Waals surface area contributed by atoms with E-state index >= 15 is 0 Å². The average molecular weight is 389 g/mol. The Morgan fingerprint density at radius 3 is 2.57 bits per heavy atom. The molecule has 146 valence electrons. The molecule has 1 aliphatic rings. The fourth-order valence-electron chi connectivity index (χ4n) is 2.80. The van der Waals surface area contributed by atoms with Crippen LogP contribution in [0, 0.1) is 11.6 Å². The van der Waals surface area contributed by atoms with Crippen LogP contribution >= 0.6 is 0 Å². The third kappa shape index (κ3) is 4.08. The fourth-order valence-corrected chi connectivity index (χ4v) is 2.80. The molecule has 1 N–H and O–H groups in total. The molecule has 0 atom stereocenters. The van der Waals surface area contributed by atoms with Gasteiger partial charge in [-0.2, -0.15) is 0 Å². The van der Waals surface area contributed by atoms with Crippen molar-refractivity contribution in [2.45, 2.75) is 0 Å². The Hall–Kier alpha value is -3.49. The molecule has 0 bridgehead atoms. The van der Waals surface area contributed by atoms with Crippen LogP contribution in [0.1, 0.15) is 0 Å².